The Balaban J connectivity index is 1.78. The number of nitrogens with one attached hydrogen (secondary N) is 1. The summed E-state index contributed by atoms with van der Waals surface area (Å²) in [7, 11) is 1.55. The van der Waals surface area contributed by atoms with Crippen molar-refractivity contribution in [3.63, 3.8) is 0 Å². The zero-order chi connectivity index (χ0) is 21.7. The standard InChI is InChI=1S/C23H26BrN3O3/c1-5-30-21-19(24)12-17(13-20(21)29-4)23(28)26-18-8-6-7-16(11-18)14-27-10-9-25-22(27)15(2)3/h6-13,15H,5,14H2,1-4H3,(H,26,28). The molecule has 7 heteroatoms. The number of amides is 1. The van der Waals surface area contributed by atoms with E-state index in [0.717, 1.165) is 17.1 Å². The van der Waals surface area contributed by atoms with Gasteiger partial charge < -0.3 is 19.4 Å². The lowest BCUT2D eigenvalue weighted by molar-refractivity contribution is 0.102. The average molecular weight is 472 g/mol. The van der Waals surface area contributed by atoms with E-state index in [2.05, 4.69) is 44.6 Å². The van der Waals surface area contributed by atoms with Gasteiger partial charge in [0.1, 0.15) is 5.82 Å². The molecule has 0 saturated carbocycles. The number of carbonyl (C=O) groups excluding carboxylic acids is 1. The molecule has 1 amide bonds. The van der Waals surface area contributed by atoms with Gasteiger partial charge in [0.2, 0.25) is 0 Å². The molecule has 0 aliphatic carbocycles. The summed E-state index contributed by atoms with van der Waals surface area (Å²) in [6.45, 7) is 7.34. The number of nitrogens with zero attached hydrogens (tertiary/aromatic N) is 2. The van der Waals surface area contributed by atoms with E-state index in [-0.39, 0.29) is 5.91 Å². The maximum atomic E-state index is 12.8. The molecule has 0 aliphatic rings. The van der Waals surface area contributed by atoms with E-state index in [1.165, 1.54) is 0 Å². The van der Waals surface area contributed by atoms with Gasteiger partial charge in [0.05, 0.1) is 18.2 Å². The number of ether oxygens (including phenoxy) is 2. The van der Waals surface area contributed by atoms with Gasteiger partial charge in [-0.25, -0.2) is 4.98 Å². The average Bonchev–Trinajstić information content (AvgIpc) is 3.18. The summed E-state index contributed by atoms with van der Waals surface area (Å²) in [4.78, 5) is 17.3. The van der Waals surface area contributed by atoms with E-state index >= 15 is 0 Å². The number of carbonyl (C=O) groups is 1. The highest BCUT2D eigenvalue weighted by atomic mass is 79.9. The van der Waals surface area contributed by atoms with Crippen molar-refractivity contribution in [2.75, 3.05) is 19.0 Å². The van der Waals surface area contributed by atoms with Crippen LogP contribution in [0.2, 0.25) is 0 Å². The van der Waals surface area contributed by atoms with Crippen molar-refractivity contribution in [1.82, 2.24) is 9.55 Å². The first-order valence-electron chi connectivity index (χ1n) is 9.84. The second kappa shape index (κ2) is 9.80. The number of imidazole rings is 1. The fourth-order valence-corrected chi connectivity index (χ4v) is 3.79. The van der Waals surface area contributed by atoms with E-state index in [9.17, 15) is 4.79 Å². The number of methoxy groups -OCH3 is 1. The highest BCUT2D eigenvalue weighted by Crippen LogP contribution is 2.36. The first-order valence-corrected chi connectivity index (χ1v) is 10.6. The van der Waals surface area contributed by atoms with Gasteiger partial charge in [-0.1, -0.05) is 26.0 Å². The third-order valence-corrected chi connectivity index (χ3v) is 5.17. The van der Waals surface area contributed by atoms with Gasteiger partial charge in [-0.2, -0.15) is 0 Å². The molecule has 0 aliphatic heterocycles. The number of rotatable bonds is 8. The normalized spacial score (nSPS) is 10.9. The van der Waals surface area contributed by atoms with Crippen LogP contribution in [0.15, 0.2) is 53.3 Å². The highest BCUT2D eigenvalue weighted by Gasteiger charge is 2.16. The Kier molecular flexibility index (Phi) is 7.15. The second-order valence-electron chi connectivity index (χ2n) is 7.15. The predicted molar refractivity (Wildman–Crippen MR) is 122 cm³/mol. The monoisotopic (exact) mass is 471 g/mol. The van der Waals surface area contributed by atoms with Crippen LogP contribution in [0.25, 0.3) is 0 Å². The minimum Gasteiger partial charge on any atom is -0.493 e. The zero-order valence-corrected chi connectivity index (χ0v) is 19.2. The molecule has 6 nitrogen and oxygen atoms in total. The van der Waals surface area contributed by atoms with Crippen molar-refractivity contribution in [3.8, 4) is 11.5 Å². The van der Waals surface area contributed by atoms with E-state index in [1.807, 2.05) is 43.6 Å². The van der Waals surface area contributed by atoms with Crippen LogP contribution in [0.1, 0.15) is 48.4 Å². The quantitative estimate of drug-likeness (QED) is 0.472. The van der Waals surface area contributed by atoms with Crippen LogP contribution in [0.5, 0.6) is 11.5 Å². The molecule has 1 N–H and O–H groups in total. The van der Waals surface area contributed by atoms with Crippen LogP contribution >= 0.6 is 15.9 Å². The van der Waals surface area contributed by atoms with Gasteiger partial charge in [-0.3, -0.25) is 4.79 Å². The Labute approximate surface area is 185 Å². The van der Waals surface area contributed by atoms with Crippen molar-refractivity contribution in [3.05, 3.63) is 70.2 Å². The summed E-state index contributed by atoms with van der Waals surface area (Å²) < 4.78 is 13.8. The lowest BCUT2D eigenvalue weighted by Gasteiger charge is -2.14. The molecule has 1 aromatic heterocycles. The third kappa shape index (κ3) is 5.02. The molecule has 1 heterocycles. The van der Waals surface area contributed by atoms with Crippen molar-refractivity contribution >= 4 is 27.5 Å². The van der Waals surface area contributed by atoms with Crippen molar-refractivity contribution in [2.24, 2.45) is 0 Å². The van der Waals surface area contributed by atoms with Crippen molar-refractivity contribution in [1.29, 1.82) is 0 Å². The Morgan fingerprint density at radius 2 is 2.07 bits per heavy atom. The molecule has 0 saturated heterocycles. The van der Waals surface area contributed by atoms with Gasteiger partial charge in [0.25, 0.3) is 5.91 Å². The van der Waals surface area contributed by atoms with Gasteiger partial charge in [0.15, 0.2) is 11.5 Å². The summed E-state index contributed by atoms with van der Waals surface area (Å²) in [5, 5.41) is 2.96. The second-order valence-corrected chi connectivity index (χ2v) is 8.00. The fraction of sp³-hybridized carbons (Fsp3) is 0.304. The number of benzene rings is 2. The molecule has 30 heavy (non-hydrogen) atoms. The molecule has 158 valence electrons. The van der Waals surface area contributed by atoms with Gasteiger partial charge in [-0.05, 0) is 52.7 Å². The van der Waals surface area contributed by atoms with Crippen LogP contribution in [-0.4, -0.2) is 29.2 Å². The number of anilines is 1. The van der Waals surface area contributed by atoms with E-state index in [1.54, 1.807) is 19.2 Å². The van der Waals surface area contributed by atoms with Gasteiger partial charge in [0, 0.05) is 36.1 Å². The lowest BCUT2D eigenvalue weighted by Crippen LogP contribution is -2.13. The van der Waals surface area contributed by atoms with Crippen LogP contribution < -0.4 is 14.8 Å². The van der Waals surface area contributed by atoms with Crippen LogP contribution in [0, 0.1) is 0 Å². The molecule has 0 atom stereocenters. The molecular formula is C23H26BrN3O3. The lowest BCUT2D eigenvalue weighted by atomic mass is 10.1. The van der Waals surface area contributed by atoms with Crippen LogP contribution in [-0.2, 0) is 6.54 Å². The van der Waals surface area contributed by atoms with Crippen LogP contribution in [0.3, 0.4) is 0 Å². The summed E-state index contributed by atoms with van der Waals surface area (Å²) >= 11 is 3.46. The predicted octanol–water partition coefficient (Wildman–Crippen LogP) is 5.48. The highest BCUT2D eigenvalue weighted by molar-refractivity contribution is 9.10. The van der Waals surface area contributed by atoms with Gasteiger partial charge >= 0.3 is 0 Å². The van der Waals surface area contributed by atoms with E-state index in [0.29, 0.717) is 40.6 Å². The first kappa shape index (κ1) is 21.9. The maximum Gasteiger partial charge on any atom is 0.255 e. The minimum atomic E-state index is -0.223. The Morgan fingerprint density at radius 3 is 2.77 bits per heavy atom. The Bertz CT molecular complexity index is 1030. The zero-order valence-electron chi connectivity index (χ0n) is 17.6. The smallest absolute Gasteiger partial charge is 0.255 e. The fourth-order valence-electron chi connectivity index (χ4n) is 3.24. The van der Waals surface area contributed by atoms with Crippen molar-refractivity contribution in [2.45, 2.75) is 33.2 Å². The summed E-state index contributed by atoms with van der Waals surface area (Å²) in [6.07, 6.45) is 3.79. The molecule has 2 aromatic carbocycles. The number of aromatic nitrogens is 2. The summed E-state index contributed by atoms with van der Waals surface area (Å²) in [6, 6.07) is 11.2. The molecule has 0 bridgehead atoms. The number of hydrogen-bond donors (Lipinski definition) is 1. The first-order chi connectivity index (χ1) is 14.4. The molecule has 0 fully saturated rings. The van der Waals surface area contributed by atoms with Crippen LogP contribution in [0.4, 0.5) is 5.69 Å². The number of halogens is 1. The molecule has 0 unspecified atom stereocenters. The summed E-state index contributed by atoms with van der Waals surface area (Å²) in [5.74, 6) is 2.25. The van der Waals surface area contributed by atoms with E-state index in [4.69, 9.17) is 9.47 Å². The maximum absolute atomic E-state index is 12.8. The summed E-state index contributed by atoms with van der Waals surface area (Å²) in [5.41, 5.74) is 2.29. The Morgan fingerprint density at radius 1 is 1.27 bits per heavy atom. The largest absolute Gasteiger partial charge is 0.493 e. The number of hydrogen-bond acceptors (Lipinski definition) is 4. The minimum absolute atomic E-state index is 0.223. The SMILES string of the molecule is CCOc1c(Br)cc(C(=O)Nc2cccc(Cn3ccnc3C(C)C)c2)cc1OC. The molecule has 0 spiro atoms. The molecular weight excluding hydrogens is 446 g/mol. The Hall–Kier alpha value is -2.80. The topological polar surface area (TPSA) is 65.4 Å². The molecule has 3 rings (SSSR count). The van der Waals surface area contributed by atoms with Crippen molar-refractivity contribution < 1.29 is 14.3 Å². The molecule has 3 aromatic rings. The van der Waals surface area contributed by atoms with Gasteiger partial charge in [-0.15, -0.1) is 0 Å². The molecule has 0 radical (unpaired) electrons. The third-order valence-electron chi connectivity index (χ3n) is 4.58. The van der Waals surface area contributed by atoms with E-state index < -0.39 is 0 Å².